The minimum absolute atomic E-state index is 0.0163. The smallest absolute Gasteiger partial charge is 0.214 e. The van der Waals surface area contributed by atoms with Gasteiger partial charge in [0.25, 0.3) is 0 Å². The number of para-hydroxylation sites is 1. The van der Waals surface area contributed by atoms with Gasteiger partial charge in [0, 0.05) is 28.1 Å². The summed E-state index contributed by atoms with van der Waals surface area (Å²) in [5, 5.41) is 21.9. The number of thiophene rings is 1. The highest BCUT2D eigenvalue weighted by atomic mass is 35.5. The van der Waals surface area contributed by atoms with E-state index in [-0.39, 0.29) is 18.0 Å². The van der Waals surface area contributed by atoms with Crippen LogP contribution in [0.4, 0.5) is 0 Å². The molecule has 5 rings (SSSR count). The summed E-state index contributed by atoms with van der Waals surface area (Å²) in [6.07, 6.45) is 0.277. The maximum absolute atomic E-state index is 10.4. The van der Waals surface area contributed by atoms with Crippen LogP contribution in [0, 0.1) is 0 Å². The molecule has 2 aromatic carbocycles. The molecule has 0 fully saturated rings. The van der Waals surface area contributed by atoms with Gasteiger partial charge in [-0.05, 0) is 48.0 Å². The lowest BCUT2D eigenvalue weighted by molar-refractivity contribution is -0.0209. The molecule has 7 heteroatoms. The number of halogens is 1. The topological polar surface area (TPSA) is 54.3 Å². The molecule has 0 saturated carbocycles. The van der Waals surface area contributed by atoms with E-state index in [1.54, 1.807) is 29.5 Å². The molecule has 2 aliphatic heterocycles. The van der Waals surface area contributed by atoms with Gasteiger partial charge in [-0.25, -0.2) is 5.01 Å². The maximum atomic E-state index is 10.4. The Kier molecular flexibility index (Phi) is 4.60. The lowest BCUT2D eigenvalue weighted by Crippen LogP contribution is -2.33. The number of hydrogen-bond acceptors (Lipinski definition) is 6. The zero-order chi connectivity index (χ0) is 20.0. The van der Waals surface area contributed by atoms with Crippen LogP contribution in [0.1, 0.15) is 42.3 Å². The Morgan fingerprint density at radius 2 is 2.21 bits per heavy atom. The minimum Gasteiger partial charge on any atom is -0.507 e. The van der Waals surface area contributed by atoms with E-state index in [0.717, 1.165) is 28.3 Å². The summed E-state index contributed by atoms with van der Waals surface area (Å²) >= 11 is 7.80. The Morgan fingerprint density at radius 1 is 1.31 bits per heavy atom. The predicted molar refractivity (Wildman–Crippen MR) is 114 cm³/mol. The SMILES string of the molecule is CCOc1cccc2c1OC(c1ccsc1)N1N=C(c3cc(Cl)ccc3O)CC21. The summed E-state index contributed by atoms with van der Waals surface area (Å²) in [4.78, 5) is 0. The summed E-state index contributed by atoms with van der Waals surface area (Å²) in [5.41, 5.74) is 3.51. The first-order valence-corrected chi connectivity index (χ1v) is 10.8. The van der Waals surface area contributed by atoms with Gasteiger partial charge < -0.3 is 14.6 Å². The van der Waals surface area contributed by atoms with E-state index in [4.69, 9.17) is 26.2 Å². The number of phenols is 1. The maximum Gasteiger partial charge on any atom is 0.214 e. The number of hydrazone groups is 1. The van der Waals surface area contributed by atoms with Gasteiger partial charge in [0.1, 0.15) is 5.75 Å². The molecule has 5 nitrogen and oxygen atoms in total. The van der Waals surface area contributed by atoms with Gasteiger partial charge in [0.2, 0.25) is 6.23 Å². The monoisotopic (exact) mass is 426 g/mol. The van der Waals surface area contributed by atoms with Crippen LogP contribution in [-0.2, 0) is 0 Å². The molecule has 0 saturated heterocycles. The molecule has 0 amide bonds. The first-order chi connectivity index (χ1) is 14.2. The Morgan fingerprint density at radius 3 is 3.00 bits per heavy atom. The summed E-state index contributed by atoms with van der Waals surface area (Å²) in [7, 11) is 0. The molecule has 148 valence electrons. The Bertz CT molecular complexity index is 1080. The molecule has 0 radical (unpaired) electrons. The number of aromatic hydroxyl groups is 1. The second-order valence-electron chi connectivity index (χ2n) is 6.94. The predicted octanol–water partition coefficient (Wildman–Crippen LogP) is 5.75. The third-order valence-corrected chi connectivity index (χ3v) is 6.11. The number of nitrogens with zero attached hydrogens (tertiary/aromatic N) is 2. The first kappa shape index (κ1) is 18.3. The molecule has 0 aliphatic carbocycles. The number of hydrogen-bond donors (Lipinski definition) is 1. The van der Waals surface area contributed by atoms with Crippen molar-refractivity contribution in [2.45, 2.75) is 25.6 Å². The molecule has 2 aliphatic rings. The van der Waals surface area contributed by atoms with Crippen LogP contribution >= 0.6 is 22.9 Å². The zero-order valence-electron chi connectivity index (χ0n) is 15.7. The van der Waals surface area contributed by atoms with Crippen LogP contribution in [0.2, 0.25) is 5.02 Å². The second kappa shape index (κ2) is 7.28. The summed E-state index contributed by atoms with van der Waals surface area (Å²) in [6, 6.07) is 13.0. The van der Waals surface area contributed by atoms with E-state index in [9.17, 15) is 5.11 Å². The number of rotatable bonds is 4. The van der Waals surface area contributed by atoms with E-state index in [1.165, 1.54) is 0 Å². The lowest BCUT2D eigenvalue weighted by Gasteiger charge is -2.38. The van der Waals surface area contributed by atoms with Crippen LogP contribution in [0.5, 0.6) is 17.2 Å². The van der Waals surface area contributed by atoms with E-state index in [2.05, 4.69) is 11.4 Å². The molecule has 1 aromatic heterocycles. The van der Waals surface area contributed by atoms with Crippen LogP contribution < -0.4 is 9.47 Å². The van der Waals surface area contributed by atoms with Crippen molar-refractivity contribution in [3.05, 3.63) is 74.9 Å². The summed E-state index contributed by atoms with van der Waals surface area (Å²) in [5.74, 6) is 1.67. The third kappa shape index (κ3) is 3.12. The van der Waals surface area contributed by atoms with Crippen LogP contribution in [0.25, 0.3) is 0 Å². The molecule has 2 unspecified atom stereocenters. The van der Waals surface area contributed by atoms with Gasteiger partial charge in [0.15, 0.2) is 11.5 Å². The Balaban J connectivity index is 1.62. The molecule has 0 bridgehead atoms. The highest BCUT2D eigenvalue weighted by Crippen LogP contribution is 2.51. The number of ether oxygens (including phenoxy) is 2. The van der Waals surface area contributed by atoms with Gasteiger partial charge in [-0.1, -0.05) is 23.7 Å². The van der Waals surface area contributed by atoms with Gasteiger partial charge >= 0.3 is 0 Å². The molecule has 1 N–H and O–H groups in total. The molecule has 3 heterocycles. The van der Waals surface area contributed by atoms with Crippen LogP contribution in [0.15, 0.2) is 58.3 Å². The molecule has 29 heavy (non-hydrogen) atoms. The molecule has 2 atom stereocenters. The zero-order valence-corrected chi connectivity index (χ0v) is 17.3. The fourth-order valence-corrected chi connectivity index (χ4v) is 4.73. The number of fused-ring (bicyclic) bond motifs is 3. The number of phenolic OH excluding ortho intramolecular Hbond substituents is 1. The molecule has 3 aromatic rings. The van der Waals surface area contributed by atoms with Crippen molar-refractivity contribution in [3.63, 3.8) is 0 Å². The van der Waals surface area contributed by atoms with Crippen molar-refractivity contribution in [2.75, 3.05) is 6.61 Å². The first-order valence-electron chi connectivity index (χ1n) is 9.45. The second-order valence-corrected chi connectivity index (χ2v) is 8.16. The quantitative estimate of drug-likeness (QED) is 0.577. The average molecular weight is 427 g/mol. The Labute approximate surface area is 177 Å². The highest BCUT2D eigenvalue weighted by molar-refractivity contribution is 7.07. The number of benzene rings is 2. The normalized spacial score (nSPS) is 19.9. The van der Waals surface area contributed by atoms with Crippen molar-refractivity contribution < 1.29 is 14.6 Å². The molecular formula is C22H19ClN2O3S. The van der Waals surface area contributed by atoms with Gasteiger partial charge in [-0.3, -0.25) is 0 Å². The Hall–Kier alpha value is -2.70. The average Bonchev–Trinajstić information content (AvgIpc) is 3.40. The third-order valence-electron chi connectivity index (χ3n) is 5.18. The van der Waals surface area contributed by atoms with E-state index in [1.807, 2.05) is 35.5 Å². The van der Waals surface area contributed by atoms with Crippen molar-refractivity contribution in [1.29, 1.82) is 0 Å². The van der Waals surface area contributed by atoms with Crippen molar-refractivity contribution in [1.82, 2.24) is 5.01 Å². The van der Waals surface area contributed by atoms with E-state index >= 15 is 0 Å². The molecule has 0 spiro atoms. The standard InChI is InChI=1S/C22H19ClN2O3S/c1-2-27-20-5-3-4-15-18-11-17(16-10-14(23)6-7-19(16)26)24-25(18)22(28-21(15)20)13-8-9-29-12-13/h3-10,12,18,22,26H,2,11H2,1H3. The van der Waals surface area contributed by atoms with Gasteiger partial charge in [-0.15, -0.1) is 0 Å². The van der Waals surface area contributed by atoms with Gasteiger partial charge in [0.05, 0.1) is 18.4 Å². The highest BCUT2D eigenvalue weighted by Gasteiger charge is 2.42. The fraction of sp³-hybridized carbons (Fsp3) is 0.227. The summed E-state index contributed by atoms with van der Waals surface area (Å²) < 4.78 is 12.3. The summed E-state index contributed by atoms with van der Waals surface area (Å²) in [6.45, 7) is 2.53. The van der Waals surface area contributed by atoms with Crippen LogP contribution in [-0.4, -0.2) is 22.4 Å². The van der Waals surface area contributed by atoms with Crippen molar-refractivity contribution in [2.24, 2.45) is 5.10 Å². The van der Waals surface area contributed by atoms with E-state index in [0.29, 0.717) is 23.6 Å². The van der Waals surface area contributed by atoms with Crippen molar-refractivity contribution in [3.8, 4) is 17.2 Å². The fourth-order valence-electron chi connectivity index (χ4n) is 3.89. The van der Waals surface area contributed by atoms with E-state index < -0.39 is 0 Å². The largest absolute Gasteiger partial charge is 0.507 e. The minimum atomic E-state index is -0.362. The van der Waals surface area contributed by atoms with Crippen LogP contribution in [0.3, 0.4) is 0 Å². The van der Waals surface area contributed by atoms with Crippen molar-refractivity contribution >= 4 is 28.6 Å². The lowest BCUT2D eigenvalue weighted by atomic mass is 9.95. The molecular weight excluding hydrogens is 408 g/mol. The van der Waals surface area contributed by atoms with Gasteiger partial charge in [-0.2, -0.15) is 16.4 Å².